The minimum atomic E-state index is -3.57. The molecule has 1 heterocycles. The summed E-state index contributed by atoms with van der Waals surface area (Å²) in [5.41, 5.74) is 0.276. The average Bonchev–Trinajstić information content (AvgIpc) is 2.49. The first kappa shape index (κ1) is 17.2. The molecule has 0 N–H and O–H groups in total. The van der Waals surface area contributed by atoms with E-state index in [1.54, 1.807) is 7.05 Å². The summed E-state index contributed by atoms with van der Waals surface area (Å²) in [6.07, 6.45) is 2.01. The van der Waals surface area contributed by atoms with E-state index in [1.807, 2.05) is 6.07 Å². The molecule has 2 rings (SSSR count). The molecule has 1 fully saturated rings. The average molecular weight is 342 g/mol. The Kier molecular flexibility index (Phi) is 5.45. The van der Waals surface area contributed by atoms with Crippen LogP contribution in [-0.2, 0) is 10.0 Å². The highest BCUT2D eigenvalue weighted by atomic mass is 35.5. The van der Waals surface area contributed by atoms with E-state index in [9.17, 15) is 8.42 Å². The quantitative estimate of drug-likeness (QED) is 0.842. The van der Waals surface area contributed by atoms with E-state index in [-0.39, 0.29) is 15.5 Å². The number of sulfonamides is 1. The van der Waals surface area contributed by atoms with Gasteiger partial charge in [0.25, 0.3) is 0 Å². The van der Waals surface area contributed by atoms with Crippen LogP contribution in [0.15, 0.2) is 23.1 Å². The second-order valence-electron chi connectivity index (χ2n) is 5.79. The summed E-state index contributed by atoms with van der Waals surface area (Å²) < 4.78 is 26.6. The van der Waals surface area contributed by atoms with Crippen LogP contribution < -0.4 is 0 Å². The molecule has 0 aliphatic carbocycles. The Balaban J connectivity index is 2.12. The molecule has 0 saturated carbocycles. The van der Waals surface area contributed by atoms with E-state index in [0.29, 0.717) is 12.5 Å². The summed E-state index contributed by atoms with van der Waals surface area (Å²) in [7, 11) is 0.102. The monoisotopic (exact) mass is 341 g/mol. The predicted molar refractivity (Wildman–Crippen MR) is 86.2 cm³/mol. The lowest BCUT2D eigenvalue weighted by Gasteiger charge is -2.31. The Labute approximate surface area is 137 Å². The molecule has 1 aromatic carbocycles. The molecule has 0 atom stereocenters. The third kappa shape index (κ3) is 3.79. The van der Waals surface area contributed by atoms with Crippen LogP contribution in [0.3, 0.4) is 0 Å². The summed E-state index contributed by atoms with van der Waals surface area (Å²) in [6, 6.07) is 6.15. The zero-order chi connectivity index (χ0) is 16.3. The Hall–Kier alpha value is -1.13. The fourth-order valence-corrected chi connectivity index (χ4v) is 4.19. The molecule has 0 radical (unpaired) electrons. The molecule has 5 nitrogen and oxygen atoms in total. The second kappa shape index (κ2) is 6.97. The van der Waals surface area contributed by atoms with E-state index in [2.05, 4.69) is 11.9 Å². The first-order chi connectivity index (χ1) is 10.3. The standard InChI is InChI=1S/C15H20ClN3O2S/c1-18-7-5-12(6-8-18)11-19(2)22(20,21)14-4-3-13(10-17)15(16)9-14/h3-4,9,12H,5-8,11H2,1-2H3. The van der Waals surface area contributed by atoms with Crippen LogP contribution in [0, 0.1) is 17.2 Å². The van der Waals surface area contributed by atoms with Gasteiger partial charge in [0.1, 0.15) is 6.07 Å². The van der Waals surface area contributed by atoms with Gasteiger partial charge in [-0.15, -0.1) is 0 Å². The van der Waals surface area contributed by atoms with Gasteiger partial charge in [0.15, 0.2) is 0 Å². The molecule has 1 aliphatic heterocycles. The van der Waals surface area contributed by atoms with Crippen molar-refractivity contribution in [1.29, 1.82) is 5.26 Å². The third-order valence-corrected chi connectivity index (χ3v) is 6.25. The van der Waals surface area contributed by atoms with Crippen molar-refractivity contribution in [3.05, 3.63) is 28.8 Å². The van der Waals surface area contributed by atoms with Gasteiger partial charge in [-0.2, -0.15) is 5.26 Å². The molecule has 22 heavy (non-hydrogen) atoms. The van der Waals surface area contributed by atoms with E-state index in [4.69, 9.17) is 16.9 Å². The van der Waals surface area contributed by atoms with Crippen molar-refractivity contribution in [3.63, 3.8) is 0 Å². The number of hydrogen-bond acceptors (Lipinski definition) is 4. The minimum absolute atomic E-state index is 0.131. The zero-order valence-corrected chi connectivity index (χ0v) is 14.4. The van der Waals surface area contributed by atoms with Crippen molar-refractivity contribution in [2.45, 2.75) is 17.7 Å². The van der Waals surface area contributed by atoms with Gasteiger partial charge in [0.2, 0.25) is 10.0 Å². The van der Waals surface area contributed by atoms with Crippen LogP contribution in [0.2, 0.25) is 5.02 Å². The maximum atomic E-state index is 12.6. The molecule has 1 aromatic rings. The van der Waals surface area contributed by atoms with Gasteiger partial charge in [-0.25, -0.2) is 12.7 Å². The third-order valence-electron chi connectivity index (χ3n) is 4.12. The number of rotatable bonds is 4. The molecule has 120 valence electrons. The summed E-state index contributed by atoms with van der Waals surface area (Å²) in [6.45, 7) is 2.51. The Bertz CT molecular complexity index is 677. The van der Waals surface area contributed by atoms with Crippen LogP contribution in [-0.4, -0.2) is 51.4 Å². The van der Waals surface area contributed by atoms with Gasteiger partial charge in [-0.3, -0.25) is 0 Å². The van der Waals surface area contributed by atoms with E-state index in [1.165, 1.54) is 22.5 Å². The number of benzene rings is 1. The molecule has 0 amide bonds. The molecule has 7 heteroatoms. The number of hydrogen-bond donors (Lipinski definition) is 0. The largest absolute Gasteiger partial charge is 0.306 e. The Morgan fingerprint density at radius 2 is 2.05 bits per heavy atom. The molecule has 0 unspecified atom stereocenters. The first-order valence-corrected chi connectivity index (χ1v) is 9.01. The van der Waals surface area contributed by atoms with Gasteiger partial charge in [-0.1, -0.05) is 11.6 Å². The van der Waals surface area contributed by atoms with E-state index >= 15 is 0 Å². The fraction of sp³-hybridized carbons (Fsp3) is 0.533. The minimum Gasteiger partial charge on any atom is -0.306 e. The van der Waals surface area contributed by atoms with Crippen molar-refractivity contribution in [1.82, 2.24) is 9.21 Å². The fourth-order valence-electron chi connectivity index (χ4n) is 2.63. The maximum Gasteiger partial charge on any atom is 0.242 e. The highest BCUT2D eigenvalue weighted by Crippen LogP contribution is 2.24. The van der Waals surface area contributed by atoms with Crippen LogP contribution in [0.5, 0.6) is 0 Å². The molecule has 1 saturated heterocycles. The molecule has 0 aromatic heterocycles. The van der Waals surface area contributed by atoms with Gasteiger partial charge in [-0.05, 0) is 57.1 Å². The van der Waals surface area contributed by atoms with Crippen molar-refractivity contribution in [2.24, 2.45) is 5.92 Å². The molecule has 1 aliphatic rings. The topological polar surface area (TPSA) is 64.4 Å². The number of nitrogens with zero attached hydrogens (tertiary/aromatic N) is 3. The van der Waals surface area contributed by atoms with Gasteiger partial charge in [0.05, 0.1) is 15.5 Å². The highest BCUT2D eigenvalue weighted by molar-refractivity contribution is 7.89. The molecular formula is C15H20ClN3O2S. The number of halogens is 1. The Morgan fingerprint density at radius 3 is 2.59 bits per heavy atom. The SMILES string of the molecule is CN1CCC(CN(C)S(=O)(=O)c2ccc(C#N)c(Cl)c2)CC1. The lowest BCUT2D eigenvalue weighted by molar-refractivity contribution is 0.202. The summed E-state index contributed by atoms with van der Waals surface area (Å²) >= 11 is 5.94. The predicted octanol–water partition coefficient (Wildman–Crippen LogP) is 2.17. The van der Waals surface area contributed by atoms with E-state index in [0.717, 1.165) is 25.9 Å². The second-order valence-corrected chi connectivity index (χ2v) is 8.24. The summed E-state index contributed by atoms with van der Waals surface area (Å²) in [5, 5.41) is 9.02. The molecule has 0 bridgehead atoms. The van der Waals surface area contributed by atoms with E-state index < -0.39 is 10.0 Å². The van der Waals surface area contributed by atoms with Crippen molar-refractivity contribution < 1.29 is 8.42 Å². The van der Waals surface area contributed by atoms with Crippen LogP contribution in [0.1, 0.15) is 18.4 Å². The van der Waals surface area contributed by atoms with Crippen LogP contribution in [0.4, 0.5) is 0 Å². The van der Waals surface area contributed by atoms with Crippen molar-refractivity contribution >= 4 is 21.6 Å². The van der Waals surface area contributed by atoms with Crippen molar-refractivity contribution in [2.75, 3.05) is 33.7 Å². The zero-order valence-electron chi connectivity index (χ0n) is 12.8. The van der Waals surface area contributed by atoms with Crippen molar-refractivity contribution in [3.8, 4) is 6.07 Å². The normalized spacial score (nSPS) is 17.6. The number of likely N-dealkylation sites (tertiary alicyclic amines) is 1. The summed E-state index contributed by atoms with van der Waals surface area (Å²) in [5.74, 6) is 0.379. The van der Waals surface area contributed by atoms with Gasteiger partial charge >= 0.3 is 0 Å². The lowest BCUT2D eigenvalue weighted by Crippen LogP contribution is -2.37. The van der Waals surface area contributed by atoms with Crippen LogP contribution >= 0.6 is 11.6 Å². The first-order valence-electron chi connectivity index (χ1n) is 7.19. The number of nitriles is 1. The molecule has 0 spiro atoms. The smallest absolute Gasteiger partial charge is 0.242 e. The van der Waals surface area contributed by atoms with Gasteiger partial charge < -0.3 is 4.90 Å². The summed E-state index contributed by atoms with van der Waals surface area (Å²) in [4.78, 5) is 2.39. The maximum absolute atomic E-state index is 12.6. The van der Waals surface area contributed by atoms with Gasteiger partial charge in [0, 0.05) is 13.6 Å². The highest BCUT2D eigenvalue weighted by Gasteiger charge is 2.26. The lowest BCUT2D eigenvalue weighted by atomic mass is 9.97. The molecular weight excluding hydrogens is 322 g/mol. The number of piperidine rings is 1. The van der Waals surface area contributed by atoms with Crippen LogP contribution in [0.25, 0.3) is 0 Å². The Morgan fingerprint density at radius 1 is 1.41 bits per heavy atom.